The molecule has 0 aromatic rings. The molecule has 0 atom stereocenters. The van der Waals surface area contributed by atoms with E-state index in [1.54, 1.807) is 0 Å². The summed E-state index contributed by atoms with van der Waals surface area (Å²) in [5.74, 6) is -0.620. The number of unbranched alkanes of at least 4 members (excludes halogenated alkanes) is 1. The average molecular weight is 252 g/mol. The van der Waals surface area contributed by atoms with Crippen LogP contribution in [0.4, 0.5) is 0 Å². The molecule has 16 heavy (non-hydrogen) atoms. The molecule has 7 heteroatoms. The standard InChI is InChI=1S/C9H17O6P/c1-4-14-8-6-5-7-9(10)15-16(11,12-2)13-3/h4H,1,5-8H2,2-3H3. The van der Waals surface area contributed by atoms with Gasteiger partial charge in [0.1, 0.15) is 0 Å². The van der Waals surface area contributed by atoms with Gasteiger partial charge < -0.3 is 9.26 Å². The van der Waals surface area contributed by atoms with Crippen molar-refractivity contribution < 1.29 is 27.7 Å². The predicted octanol–water partition coefficient (Wildman–Crippen LogP) is 2.26. The normalized spacial score (nSPS) is 10.9. The van der Waals surface area contributed by atoms with E-state index < -0.39 is 13.8 Å². The molecule has 0 aromatic carbocycles. The van der Waals surface area contributed by atoms with Gasteiger partial charge in [0.15, 0.2) is 0 Å². The molecule has 0 aliphatic carbocycles. The van der Waals surface area contributed by atoms with Crippen molar-refractivity contribution in [1.82, 2.24) is 0 Å². The fourth-order valence-corrected chi connectivity index (χ4v) is 1.50. The number of carbonyl (C=O) groups excluding carboxylic acids is 1. The van der Waals surface area contributed by atoms with Gasteiger partial charge in [-0.1, -0.05) is 6.58 Å². The van der Waals surface area contributed by atoms with E-state index in [-0.39, 0.29) is 6.42 Å². The van der Waals surface area contributed by atoms with Crippen LogP contribution in [0.15, 0.2) is 12.8 Å². The Morgan fingerprint density at radius 3 is 2.44 bits per heavy atom. The monoisotopic (exact) mass is 252 g/mol. The minimum Gasteiger partial charge on any atom is -0.502 e. The van der Waals surface area contributed by atoms with Crippen molar-refractivity contribution in [2.24, 2.45) is 0 Å². The summed E-state index contributed by atoms with van der Waals surface area (Å²) in [6, 6.07) is 0. The largest absolute Gasteiger partial charge is 0.531 e. The number of rotatable bonds is 9. The van der Waals surface area contributed by atoms with Crippen LogP contribution in [0.3, 0.4) is 0 Å². The maximum Gasteiger partial charge on any atom is 0.531 e. The molecular weight excluding hydrogens is 235 g/mol. The molecule has 0 unspecified atom stereocenters. The summed E-state index contributed by atoms with van der Waals surface area (Å²) >= 11 is 0. The maximum absolute atomic E-state index is 11.4. The fourth-order valence-electron chi connectivity index (χ4n) is 0.857. The van der Waals surface area contributed by atoms with Crippen molar-refractivity contribution in [3.8, 4) is 0 Å². The summed E-state index contributed by atoms with van der Waals surface area (Å²) in [6.07, 6.45) is 2.73. The molecule has 0 fully saturated rings. The highest BCUT2D eigenvalue weighted by Gasteiger charge is 2.27. The zero-order valence-corrected chi connectivity index (χ0v) is 10.4. The van der Waals surface area contributed by atoms with Crippen LogP contribution < -0.4 is 0 Å². The van der Waals surface area contributed by atoms with Crippen LogP contribution >= 0.6 is 7.82 Å². The summed E-state index contributed by atoms with van der Waals surface area (Å²) in [7, 11) is -1.40. The van der Waals surface area contributed by atoms with E-state index in [1.165, 1.54) is 6.26 Å². The second-order valence-electron chi connectivity index (χ2n) is 2.77. The number of hydrogen-bond acceptors (Lipinski definition) is 6. The van der Waals surface area contributed by atoms with E-state index in [0.29, 0.717) is 19.4 Å². The first-order valence-electron chi connectivity index (χ1n) is 4.74. The van der Waals surface area contributed by atoms with Crippen molar-refractivity contribution in [1.29, 1.82) is 0 Å². The molecule has 0 rings (SSSR count). The zero-order valence-electron chi connectivity index (χ0n) is 9.51. The molecular formula is C9H17O6P. The van der Waals surface area contributed by atoms with Gasteiger partial charge >= 0.3 is 13.8 Å². The molecule has 0 radical (unpaired) electrons. The van der Waals surface area contributed by atoms with Crippen LogP contribution in [0.25, 0.3) is 0 Å². The Labute approximate surface area is 95.1 Å². The lowest BCUT2D eigenvalue weighted by Crippen LogP contribution is -2.05. The van der Waals surface area contributed by atoms with E-state index in [9.17, 15) is 9.36 Å². The third kappa shape index (κ3) is 6.61. The van der Waals surface area contributed by atoms with E-state index in [0.717, 1.165) is 14.2 Å². The van der Waals surface area contributed by atoms with Crippen LogP contribution in [-0.2, 0) is 27.7 Å². The summed E-state index contributed by atoms with van der Waals surface area (Å²) in [6.45, 7) is 3.87. The highest BCUT2D eigenvalue weighted by atomic mass is 31.2. The lowest BCUT2D eigenvalue weighted by Gasteiger charge is -2.12. The second kappa shape index (κ2) is 8.33. The zero-order chi connectivity index (χ0) is 12.4. The molecule has 0 saturated carbocycles. The van der Waals surface area contributed by atoms with Crippen LogP contribution in [0.2, 0.25) is 0 Å². The number of phosphoric ester groups is 1. The number of carbonyl (C=O) groups is 1. The minimum atomic E-state index is -3.70. The topological polar surface area (TPSA) is 71.1 Å². The van der Waals surface area contributed by atoms with Gasteiger partial charge in [0.25, 0.3) is 0 Å². The molecule has 0 aliphatic heterocycles. The SMILES string of the molecule is C=COCCCCC(=O)OP(=O)(OC)OC. The number of hydrogen-bond donors (Lipinski definition) is 0. The molecule has 0 saturated heterocycles. The maximum atomic E-state index is 11.4. The quantitative estimate of drug-likeness (QED) is 0.356. The van der Waals surface area contributed by atoms with Gasteiger partial charge in [-0.3, -0.25) is 13.8 Å². The van der Waals surface area contributed by atoms with Gasteiger partial charge in [0.2, 0.25) is 0 Å². The fraction of sp³-hybridized carbons (Fsp3) is 0.667. The lowest BCUT2D eigenvalue weighted by atomic mass is 10.2. The summed E-state index contributed by atoms with van der Waals surface area (Å²) in [5.41, 5.74) is 0. The van der Waals surface area contributed by atoms with Gasteiger partial charge in [-0.05, 0) is 12.8 Å². The van der Waals surface area contributed by atoms with Gasteiger partial charge in [-0.25, -0.2) is 4.57 Å². The van der Waals surface area contributed by atoms with E-state index >= 15 is 0 Å². The van der Waals surface area contributed by atoms with E-state index in [4.69, 9.17) is 4.74 Å². The first-order valence-corrected chi connectivity index (χ1v) is 6.20. The van der Waals surface area contributed by atoms with Gasteiger partial charge in [0, 0.05) is 20.6 Å². The van der Waals surface area contributed by atoms with E-state index in [1.807, 2.05) is 0 Å². The summed E-state index contributed by atoms with van der Waals surface area (Å²) < 4.78 is 29.7. The highest BCUT2D eigenvalue weighted by molar-refractivity contribution is 7.49. The molecule has 6 nitrogen and oxygen atoms in total. The van der Waals surface area contributed by atoms with Crippen LogP contribution in [0.1, 0.15) is 19.3 Å². The first kappa shape index (κ1) is 15.2. The van der Waals surface area contributed by atoms with Crippen molar-refractivity contribution in [2.45, 2.75) is 19.3 Å². The average Bonchev–Trinajstić information content (AvgIpc) is 2.28. The Bertz CT molecular complexity index is 257. The van der Waals surface area contributed by atoms with Crippen molar-refractivity contribution in [3.05, 3.63) is 12.8 Å². The molecule has 0 N–H and O–H groups in total. The molecule has 0 amide bonds. The minimum absolute atomic E-state index is 0.136. The molecule has 0 bridgehead atoms. The Morgan fingerprint density at radius 2 is 1.94 bits per heavy atom. The molecule has 0 aromatic heterocycles. The molecule has 0 aliphatic rings. The Kier molecular flexibility index (Phi) is 7.89. The van der Waals surface area contributed by atoms with Crippen LogP contribution in [0.5, 0.6) is 0 Å². The van der Waals surface area contributed by atoms with Gasteiger partial charge in [-0.15, -0.1) is 0 Å². The summed E-state index contributed by atoms with van der Waals surface area (Å²) in [4.78, 5) is 11.2. The third-order valence-electron chi connectivity index (χ3n) is 1.67. The third-order valence-corrected chi connectivity index (χ3v) is 2.99. The van der Waals surface area contributed by atoms with Crippen molar-refractivity contribution >= 4 is 13.8 Å². The Morgan fingerprint density at radius 1 is 1.31 bits per heavy atom. The Balaban J connectivity index is 3.73. The number of phosphoric acid groups is 1. The molecule has 0 heterocycles. The van der Waals surface area contributed by atoms with Crippen molar-refractivity contribution in [2.75, 3.05) is 20.8 Å². The van der Waals surface area contributed by atoms with E-state index in [2.05, 4.69) is 20.2 Å². The van der Waals surface area contributed by atoms with Crippen molar-refractivity contribution in [3.63, 3.8) is 0 Å². The summed E-state index contributed by atoms with van der Waals surface area (Å²) in [5, 5.41) is 0. The van der Waals surface area contributed by atoms with Crippen LogP contribution in [-0.4, -0.2) is 26.8 Å². The van der Waals surface area contributed by atoms with Crippen LogP contribution in [0, 0.1) is 0 Å². The second-order valence-corrected chi connectivity index (χ2v) is 4.58. The predicted molar refractivity (Wildman–Crippen MR) is 57.7 cm³/mol. The number of ether oxygens (including phenoxy) is 1. The van der Waals surface area contributed by atoms with Gasteiger partial charge in [0.05, 0.1) is 12.9 Å². The molecule has 94 valence electrons. The Hall–Kier alpha value is -0.840. The first-order chi connectivity index (χ1) is 7.58. The smallest absolute Gasteiger partial charge is 0.502 e. The lowest BCUT2D eigenvalue weighted by molar-refractivity contribution is -0.136. The van der Waals surface area contributed by atoms with Gasteiger partial charge in [-0.2, -0.15) is 0 Å². The molecule has 0 spiro atoms. The highest BCUT2D eigenvalue weighted by Crippen LogP contribution is 2.47.